The SMILES string of the molecule is O=C(Nc1c(Cl)ncnc1Cl)c1nccc2ccccc12. The van der Waals surface area contributed by atoms with Crippen molar-refractivity contribution in [3.8, 4) is 0 Å². The van der Waals surface area contributed by atoms with Gasteiger partial charge in [-0.2, -0.15) is 0 Å². The van der Waals surface area contributed by atoms with Crippen molar-refractivity contribution in [2.45, 2.75) is 0 Å². The highest BCUT2D eigenvalue weighted by atomic mass is 35.5. The number of halogens is 2. The van der Waals surface area contributed by atoms with Gasteiger partial charge in [0.15, 0.2) is 10.3 Å². The Labute approximate surface area is 130 Å². The molecule has 3 aromatic rings. The zero-order valence-corrected chi connectivity index (χ0v) is 12.1. The van der Waals surface area contributed by atoms with Crippen molar-refractivity contribution in [2.75, 3.05) is 5.32 Å². The standard InChI is InChI=1S/C14H8Cl2N4O/c15-12-11(13(16)19-7-18-12)20-14(21)10-9-4-2-1-3-8(9)5-6-17-10/h1-7H,(H,20,21). The van der Waals surface area contributed by atoms with Crippen molar-refractivity contribution in [1.82, 2.24) is 15.0 Å². The number of aromatic nitrogens is 3. The highest BCUT2D eigenvalue weighted by Gasteiger charge is 2.16. The Bertz CT molecular complexity index is 813. The topological polar surface area (TPSA) is 67.8 Å². The number of rotatable bonds is 2. The van der Waals surface area contributed by atoms with E-state index in [4.69, 9.17) is 23.2 Å². The van der Waals surface area contributed by atoms with Gasteiger partial charge >= 0.3 is 0 Å². The number of anilines is 1. The van der Waals surface area contributed by atoms with Gasteiger partial charge in [0.2, 0.25) is 0 Å². The van der Waals surface area contributed by atoms with Gasteiger partial charge in [-0.25, -0.2) is 9.97 Å². The molecule has 0 aliphatic heterocycles. The van der Waals surface area contributed by atoms with Gasteiger partial charge in [-0.3, -0.25) is 9.78 Å². The lowest BCUT2D eigenvalue weighted by atomic mass is 10.1. The van der Waals surface area contributed by atoms with Gasteiger partial charge in [0.05, 0.1) is 0 Å². The summed E-state index contributed by atoms with van der Waals surface area (Å²) in [6, 6.07) is 9.29. The third-order valence-corrected chi connectivity index (χ3v) is 3.46. The zero-order chi connectivity index (χ0) is 14.8. The van der Waals surface area contributed by atoms with Crippen LogP contribution in [-0.4, -0.2) is 20.9 Å². The normalized spacial score (nSPS) is 10.6. The quantitative estimate of drug-likeness (QED) is 0.733. The molecule has 1 amide bonds. The average Bonchev–Trinajstić information content (AvgIpc) is 2.50. The van der Waals surface area contributed by atoms with Gasteiger partial charge in [-0.15, -0.1) is 0 Å². The molecule has 0 unspecified atom stereocenters. The Morgan fingerprint density at radius 3 is 2.48 bits per heavy atom. The van der Waals surface area contributed by atoms with Crippen LogP contribution in [0.3, 0.4) is 0 Å². The average molecular weight is 319 g/mol. The van der Waals surface area contributed by atoms with E-state index in [1.807, 2.05) is 30.3 Å². The molecule has 3 rings (SSSR count). The van der Waals surface area contributed by atoms with Gasteiger partial charge in [0, 0.05) is 11.6 Å². The molecule has 7 heteroatoms. The summed E-state index contributed by atoms with van der Waals surface area (Å²) >= 11 is 11.8. The van der Waals surface area contributed by atoms with Crippen molar-refractivity contribution in [1.29, 1.82) is 0 Å². The molecule has 0 saturated carbocycles. The maximum Gasteiger partial charge on any atom is 0.275 e. The summed E-state index contributed by atoms with van der Waals surface area (Å²) in [6.07, 6.45) is 2.79. The van der Waals surface area contributed by atoms with E-state index >= 15 is 0 Å². The summed E-state index contributed by atoms with van der Waals surface area (Å²) in [5.41, 5.74) is 0.449. The zero-order valence-electron chi connectivity index (χ0n) is 10.5. The summed E-state index contributed by atoms with van der Waals surface area (Å²) in [6.45, 7) is 0. The van der Waals surface area contributed by atoms with Crippen LogP contribution in [0.5, 0.6) is 0 Å². The molecule has 0 bridgehead atoms. The summed E-state index contributed by atoms with van der Waals surface area (Å²) < 4.78 is 0. The second-order valence-electron chi connectivity index (χ2n) is 4.17. The van der Waals surface area contributed by atoms with E-state index in [0.29, 0.717) is 0 Å². The van der Waals surface area contributed by atoms with Crippen LogP contribution in [0.2, 0.25) is 10.3 Å². The molecule has 104 valence electrons. The predicted octanol–water partition coefficient (Wildman–Crippen LogP) is 3.58. The molecule has 1 aromatic carbocycles. The Morgan fingerprint density at radius 2 is 1.71 bits per heavy atom. The number of nitrogens with zero attached hydrogens (tertiary/aromatic N) is 3. The first-order valence-corrected chi connectivity index (χ1v) is 6.73. The summed E-state index contributed by atoms with van der Waals surface area (Å²) in [5, 5.41) is 4.40. The van der Waals surface area contributed by atoms with Gasteiger partial charge < -0.3 is 5.32 Å². The number of fused-ring (bicyclic) bond motifs is 1. The van der Waals surface area contributed by atoms with Gasteiger partial charge in [-0.1, -0.05) is 47.5 Å². The third-order valence-electron chi connectivity index (χ3n) is 2.88. The monoisotopic (exact) mass is 318 g/mol. The Morgan fingerprint density at radius 1 is 1.00 bits per heavy atom. The lowest BCUT2D eigenvalue weighted by molar-refractivity contribution is 0.102. The third kappa shape index (κ3) is 2.66. The van der Waals surface area contributed by atoms with Crippen LogP contribution >= 0.6 is 23.2 Å². The lowest BCUT2D eigenvalue weighted by Gasteiger charge is -2.08. The van der Waals surface area contributed by atoms with Crippen LogP contribution in [-0.2, 0) is 0 Å². The number of amides is 1. The van der Waals surface area contributed by atoms with Gasteiger partial charge in [0.1, 0.15) is 17.7 Å². The number of benzene rings is 1. The fourth-order valence-electron chi connectivity index (χ4n) is 1.92. The predicted molar refractivity (Wildman–Crippen MR) is 81.7 cm³/mol. The fourth-order valence-corrected chi connectivity index (χ4v) is 2.33. The molecule has 0 atom stereocenters. The highest BCUT2D eigenvalue weighted by molar-refractivity contribution is 6.38. The minimum atomic E-state index is -0.426. The van der Waals surface area contributed by atoms with Gasteiger partial charge in [-0.05, 0) is 11.5 Å². The summed E-state index contributed by atoms with van der Waals surface area (Å²) in [4.78, 5) is 24.1. The van der Waals surface area contributed by atoms with Crippen LogP contribution in [0.4, 0.5) is 5.69 Å². The van der Waals surface area contributed by atoms with E-state index in [2.05, 4.69) is 20.3 Å². The number of nitrogens with one attached hydrogen (secondary N) is 1. The summed E-state index contributed by atoms with van der Waals surface area (Å²) in [5.74, 6) is -0.426. The van der Waals surface area contributed by atoms with Crippen LogP contribution in [0, 0.1) is 0 Å². The minimum absolute atomic E-state index is 0.0728. The van der Waals surface area contributed by atoms with E-state index in [-0.39, 0.29) is 21.7 Å². The summed E-state index contributed by atoms with van der Waals surface area (Å²) in [7, 11) is 0. The first-order chi connectivity index (χ1) is 10.2. The molecule has 5 nitrogen and oxygen atoms in total. The molecule has 0 saturated heterocycles. The van der Waals surface area contributed by atoms with Crippen LogP contribution < -0.4 is 5.32 Å². The molecule has 0 spiro atoms. The largest absolute Gasteiger partial charge is 0.315 e. The van der Waals surface area contributed by atoms with E-state index < -0.39 is 5.91 Å². The van der Waals surface area contributed by atoms with Crippen LogP contribution in [0.15, 0.2) is 42.9 Å². The van der Waals surface area contributed by atoms with E-state index in [0.717, 1.165) is 10.8 Å². The van der Waals surface area contributed by atoms with Crippen molar-refractivity contribution in [2.24, 2.45) is 0 Å². The minimum Gasteiger partial charge on any atom is -0.315 e. The first-order valence-electron chi connectivity index (χ1n) is 5.98. The molecule has 2 heterocycles. The smallest absolute Gasteiger partial charge is 0.275 e. The van der Waals surface area contributed by atoms with Gasteiger partial charge in [0.25, 0.3) is 5.91 Å². The van der Waals surface area contributed by atoms with Crippen molar-refractivity contribution >= 4 is 45.6 Å². The maximum atomic E-state index is 12.4. The maximum absolute atomic E-state index is 12.4. The number of carbonyl (C=O) groups excluding carboxylic acids is 1. The molecule has 0 aliphatic rings. The van der Waals surface area contributed by atoms with Crippen LogP contribution in [0.25, 0.3) is 10.8 Å². The number of carbonyl (C=O) groups is 1. The molecular weight excluding hydrogens is 311 g/mol. The molecular formula is C14H8Cl2N4O. The van der Waals surface area contributed by atoms with Crippen molar-refractivity contribution < 1.29 is 4.79 Å². The number of pyridine rings is 1. The molecule has 21 heavy (non-hydrogen) atoms. The van der Waals surface area contributed by atoms with E-state index in [1.54, 1.807) is 6.20 Å². The molecule has 1 N–H and O–H groups in total. The second kappa shape index (κ2) is 5.63. The Kier molecular flexibility index (Phi) is 3.68. The van der Waals surface area contributed by atoms with E-state index in [9.17, 15) is 4.79 Å². The number of hydrogen-bond acceptors (Lipinski definition) is 4. The molecule has 0 fully saturated rings. The van der Waals surface area contributed by atoms with Crippen molar-refractivity contribution in [3.05, 3.63) is 58.9 Å². The van der Waals surface area contributed by atoms with E-state index in [1.165, 1.54) is 6.33 Å². The molecule has 2 aromatic heterocycles. The highest BCUT2D eigenvalue weighted by Crippen LogP contribution is 2.26. The first kappa shape index (κ1) is 13.7. The van der Waals surface area contributed by atoms with Crippen LogP contribution in [0.1, 0.15) is 10.5 Å². The second-order valence-corrected chi connectivity index (χ2v) is 4.88. The molecule has 0 radical (unpaired) electrons. The lowest BCUT2D eigenvalue weighted by Crippen LogP contribution is -2.15. The fraction of sp³-hybridized carbons (Fsp3) is 0. The Balaban J connectivity index is 2.02. The van der Waals surface area contributed by atoms with Crippen molar-refractivity contribution in [3.63, 3.8) is 0 Å². The molecule has 0 aliphatic carbocycles. The Hall–Kier alpha value is -2.24. The number of hydrogen-bond donors (Lipinski definition) is 1.